The number of thiophene rings is 1. The van der Waals surface area contributed by atoms with E-state index in [0.717, 1.165) is 10.4 Å². The zero-order valence-corrected chi connectivity index (χ0v) is 12.7. The molecule has 0 saturated heterocycles. The van der Waals surface area contributed by atoms with Crippen molar-refractivity contribution in [2.75, 3.05) is 7.11 Å². The van der Waals surface area contributed by atoms with E-state index in [1.54, 1.807) is 20.2 Å². The number of carboxylic acid groups (broad SMARTS) is 1. The summed E-state index contributed by atoms with van der Waals surface area (Å²) in [6, 6.07) is 9.03. The standard InChI is InChI=1S/C14H12N4O3S/c1-18-13(15-16-17-18)10-7-11(14(19)20)22-12(10)8-4-3-5-9(6-8)21-2/h3-7H,1-2H3,(H,19,20). The monoisotopic (exact) mass is 316 g/mol. The van der Waals surface area contributed by atoms with E-state index in [-0.39, 0.29) is 4.88 Å². The molecule has 0 amide bonds. The number of aromatic nitrogens is 4. The van der Waals surface area contributed by atoms with Crippen LogP contribution in [0.4, 0.5) is 0 Å². The first kappa shape index (κ1) is 14.2. The van der Waals surface area contributed by atoms with Crippen molar-refractivity contribution in [1.82, 2.24) is 20.2 Å². The van der Waals surface area contributed by atoms with Gasteiger partial charge in [-0.1, -0.05) is 12.1 Å². The van der Waals surface area contributed by atoms with Crippen LogP contribution in [0.25, 0.3) is 21.8 Å². The summed E-state index contributed by atoms with van der Waals surface area (Å²) < 4.78 is 6.74. The van der Waals surface area contributed by atoms with Gasteiger partial charge < -0.3 is 9.84 Å². The van der Waals surface area contributed by atoms with Gasteiger partial charge in [0.1, 0.15) is 10.6 Å². The van der Waals surface area contributed by atoms with Crippen molar-refractivity contribution in [2.45, 2.75) is 0 Å². The summed E-state index contributed by atoms with van der Waals surface area (Å²) in [7, 11) is 3.30. The van der Waals surface area contributed by atoms with Crippen molar-refractivity contribution in [3.63, 3.8) is 0 Å². The highest BCUT2D eigenvalue weighted by molar-refractivity contribution is 7.18. The van der Waals surface area contributed by atoms with Crippen molar-refractivity contribution in [3.05, 3.63) is 35.2 Å². The fourth-order valence-corrected chi connectivity index (χ4v) is 3.09. The maximum atomic E-state index is 11.3. The fraction of sp³-hybridized carbons (Fsp3) is 0.143. The topological polar surface area (TPSA) is 90.1 Å². The largest absolute Gasteiger partial charge is 0.497 e. The van der Waals surface area contributed by atoms with Crippen molar-refractivity contribution in [2.24, 2.45) is 7.05 Å². The molecule has 3 aromatic rings. The number of carboxylic acids is 1. The summed E-state index contributed by atoms with van der Waals surface area (Å²) in [5.41, 5.74) is 1.54. The van der Waals surface area contributed by atoms with E-state index in [1.165, 1.54) is 16.0 Å². The summed E-state index contributed by atoms with van der Waals surface area (Å²) in [6.45, 7) is 0. The van der Waals surface area contributed by atoms with Crippen LogP contribution in [0.3, 0.4) is 0 Å². The van der Waals surface area contributed by atoms with E-state index in [0.29, 0.717) is 17.1 Å². The molecule has 112 valence electrons. The number of aromatic carboxylic acids is 1. The number of nitrogens with zero attached hydrogens (tertiary/aromatic N) is 4. The second-order valence-corrected chi connectivity index (χ2v) is 5.57. The van der Waals surface area contributed by atoms with E-state index in [2.05, 4.69) is 15.5 Å². The maximum absolute atomic E-state index is 11.3. The Morgan fingerprint density at radius 2 is 2.18 bits per heavy atom. The van der Waals surface area contributed by atoms with Crippen molar-refractivity contribution in [3.8, 4) is 27.6 Å². The van der Waals surface area contributed by atoms with Gasteiger partial charge in [0, 0.05) is 17.5 Å². The molecular weight excluding hydrogens is 304 g/mol. The lowest BCUT2D eigenvalue weighted by molar-refractivity contribution is 0.0702. The molecule has 2 aromatic heterocycles. The minimum atomic E-state index is -0.976. The highest BCUT2D eigenvalue weighted by Gasteiger charge is 2.20. The Bertz CT molecular complexity index is 840. The van der Waals surface area contributed by atoms with Gasteiger partial charge >= 0.3 is 5.97 Å². The molecule has 3 rings (SSSR count). The number of hydrogen-bond donors (Lipinski definition) is 1. The number of tetrazole rings is 1. The highest BCUT2D eigenvalue weighted by Crippen LogP contribution is 2.39. The Balaban J connectivity index is 2.21. The molecule has 0 unspecified atom stereocenters. The second kappa shape index (κ2) is 5.57. The van der Waals surface area contributed by atoms with Gasteiger partial charge in [-0.15, -0.1) is 16.4 Å². The summed E-state index contributed by atoms with van der Waals surface area (Å²) in [5, 5.41) is 20.7. The Kier molecular flexibility index (Phi) is 3.60. The predicted molar refractivity (Wildman–Crippen MR) is 81.1 cm³/mol. The lowest BCUT2D eigenvalue weighted by Gasteiger charge is -2.05. The van der Waals surface area contributed by atoms with Crippen LogP contribution in [0.1, 0.15) is 9.67 Å². The minimum Gasteiger partial charge on any atom is -0.497 e. The molecule has 0 spiro atoms. The van der Waals surface area contributed by atoms with Crippen LogP contribution in [0, 0.1) is 0 Å². The van der Waals surface area contributed by atoms with Crippen LogP contribution in [0.2, 0.25) is 0 Å². The predicted octanol–water partition coefficient (Wildman–Crippen LogP) is 2.31. The van der Waals surface area contributed by atoms with Crippen LogP contribution in [0.5, 0.6) is 5.75 Å². The third kappa shape index (κ3) is 2.44. The number of methoxy groups -OCH3 is 1. The SMILES string of the molecule is COc1cccc(-c2sc(C(=O)O)cc2-c2nnnn2C)c1. The minimum absolute atomic E-state index is 0.232. The Labute approximate surface area is 129 Å². The first-order valence-corrected chi connectivity index (χ1v) is 7.16. The third-order valence-electron chi connectivity index (χ3n) is 3.14. The third-order valence-corrected chi connectivity index (χ3v) is 4.31. The zero-order valence-electron chi connectivity index (χ0n) is 11.8. The normalized spacial score (nSPS) is 10.6. The zero-order chi connectivity index (χ0) is 15.7. The van der Waals surface area contributed by atoms with Gasteiger partial charge in [0.05, 0.1) is 7.11 Å². The smallest absolute Gasteiger partial charge is 0.345 e. The molecule has 0 aliphatic rings. The van der Waals surface area contributed by atoms with Gasteiger partial charge in [0.25, 0.3) is 0 Å². The van der Waals surface area contributed by atoms with Crippen LogP contribution in [-0.2, 0) is 7.05 Å². The van der Waals surface area contributed by atoms with Crippen molar-refractivity contribution < 1.29 is 14.6 Å². The Hall–Kier alpha value is -2.74. The molecule has 0 saturated carbocycles. The summed E-state index contributed by atoms with van der Waals surface area (Å²) in [4.78, 5) is 12.3. The van der Waals surface area contributed by atoms with Gasteiger partial charge in [-0.05, 0) is 34.2 Å². The first-order chi connectivity index (χ1) is 10.6. The van der Waals surface area contributed by atoms with E-state index >= 15 is 0 Å². The molecule has 0 radical (unpaired) electrons. The first-order valence-electron chi connectivity index (χ1n) is 6.34. The average Bonchev–Trinajstić information content (AvgIpc) is 3.13. The molecule has 2 heterocycles. The van der Waals surface area contributed by atoms with Crippen LogP contribution in [-0.4, -0.2) is 38.4 Å². The van der Waals surface area contributed by atoms with Gasteiger partial charge in [0.15, 0.2) is 5.82 Å². The van der Waals surface area contributed by atoms with E-state index in [9.17, 15) is 9.90 Å². The summed E-state index contributed by atoms with van der Waals surface area (Å²) in [5.74, 6) is 0.238. The van der Waals surface area contributed by atoms with Gasteiger partial charge in [-0.2, -0.15) is 0 Å². The Morgan fingerprint density at radius 3 is 2.82 bits per heavy atom. The molecule has 8 heteroatoms. The molecule has 1 aromatic carbocycles. The van der Waals surface area contributed by atoms with Gasteiger partial charge in [-0.25, -0.2) is 9.48 Å². The van der Waals surface area contributed by atoms with Gasteiger partial charge in [0.2, 0.25) is 0 Å². The number of aryl methyl sites for hydroxylation is 1. The second-order valence-electron chi connectivity index (χ2n) is 4.52. The number of carbonyl (C=O) groups is 1. The fourth-order valence-electron chi connectivity index (χ4n) is 2.10. The van der Waals surface area contributed by atoms with Crippen LogP contribution >= 0.6 is 11.3 Å². The number of hydrogen-bond acceptors (Lipinski definition) is 6. The molecule has 0 bridgehead atoms. The molecule has 7 nitrogen and oxygen atoms in total. The average molecular weight is 316 g/mol. The summed E-state index contributed by atoms with van der Waals surface area (Å²) in [6.07, 6.45) is 0. The quantitative estimate of drug-likeness (QED) is 0.794. The molecule has 0 aliphatic heterocycles. The molecule has 22 heavy (non-hydrogen) atoms. The number of ether oxygens (including phenoxy) is 1. The van der Waals surface area contributed by atoms with Crippen molar-refractivity contribution >= 4 is 17.3 Å². The van der Waals surface area contributed by atoms with Gasteiger partial charge in [-0.3, -0.25) is 0 Å². The number of rotatable bonds is 4. The molecule has 0 aliphatic carbocycles. The molecule has 1 N–H and O–H groups in total. The molecular formula is C14H12N4O3S. The Morgan fingerprint density at radius 1 is 1.36 bits per heavy atom. The van der Waals surface area contributed by atoms with Crippen LogP contribution in [0.15, 0.2) is 30.3 Å². The highest BCUT2D eigenvalue weighted by atomic mass is 32.1. The lowest BCUT2D eigenvalue weighted by Crippen LogP contribution is -1.95. The molecule has 0 atom stereocenters. The van der Waals surface area contributed by atoms with Crippen molar-refractivity contribution in [1.29, 1.82) is 0 Å². The maximum Gasteiger partial charge on any atom is 0.345 e. The molecule has 0 fully saturated rings. The van der Waals surface area contributed by atoms with E-state index < -0.39 is 5.97 Å². The van der Waals surface area contributed by atoms with E-state index in [4.69, 9.17) is 4.74 Å². The van der Waals surface area contributed by atoms with E-state index in [1.807, 2.05) is 24.3 Å². The van der Waals surface area contributed by atoms with Crippen LogP contribution < -0.4 is 4.74 Å². The lowest BCUT2D eigenvalue weighted by atomic mass is 10.1. The summed E-state index contributed by atoms with van der Waals surface area (Å²) >= 11 is 1.18. The number of benzene rings is 1.